The van der Waals surface area contributed by atoms with E-state index in [1.807, 2.05) is 24.4 Å². The number of carbonyl (C=O) groups is 2. The first-order valence-corrected chi connectivity index (χ1v) is 10.9. The van der Waals surface area contributed by atoms with Crippen LogP contribution in [-0.4, -0.2) is 33.3 Å². The quantitative estimate of drug-likeness (QED) is 0.328. The Morgan fingerprint density at radius 3 is 2.68 bits per heavy atom. The lowest BCUT2D eigenvalue weighted by molar-refractivity contribution is -0.140. The first-order valence-electron chi connectivity index (χ1n) is 9.64. The van der Waals surface area contributed by atoms with E-state index in [-0.39, 0.29) is 17.9 Å². The van der Waals surface area contributed by atoms with Crippen molar-refractivity contribution in [1.82, 2.24) is 9.88 Å². The van der Waals surface area contributed by atoms with Crippen molar-refractivity contribution in [3.05, 3.63) is 86.8 Å². The summed E-state index contributed by atoms with van der Waals surface area (Å²) in [7, 11) is 0. The van der Waals surface area contributed by atoms with Gasteiger partial charge >= 0.3 is 0 Å². The zero-order valence-electron chi connectivity index (χ0n) is 16.6. The van der Waals surface area contributed by atoms with Gasteiger partial charge in [-0.1, -0.05) is 17.7 Å². The van der Waals surface area contributed by atoms with E-state index in [9.17, 15) is 14.7 Å². The first kappa shape index (κ1) is 21.1. The van der Waals surface area contributed by atoms with Gasteiger partial charge in [-0.05, 0) is 54.3 Å². The molecular weight excluding hydrogens is 436 g/mol. The normalized spacial score (nSPS) is 17.9. The molecule has 1 atom stereocenters. The predicted molar refractivity (Wildman–Crippen MR) is 119 cm³/mol. The molecule has 1 unspecified atom stereocenters. The summed E-state index contributed by atoms with van der Waals surface area (Å²) in [4.78, 5) is 32.3. The van der Waals surface area contributed by atoms with Crippen molar-refractivity contribution in [2.45, 2.75) is 19.5 Å². The summed E-state index contributed by atoms with van der Waals surface area (Å²) in [6.07, 6.45) is 3.27. The summed E-state index contributed by atoms with van der Waals surface area (Å²) >= 11 is 7.58. The van der Waals surface area contributed by atoms with Crippen LogP contribution in [0, 0.1) is 0 Å². The second kappa shape index (κ2) is 8.91. The van der Waals surface area contributed by atoms with E-state index >= 15 is 0 Å². The summed E-state index contributed by atoms with van der Waals surface area (Å²) in [6.45, 7) is 2.44. The van der Waals surface area contributed by atoms with Gasteiger partial charge in [-0.2, -0.15) is 0 Å². The molecule has 4 rings (SSSR count). The number of likely N-dealkylation sites (tertiary alicyclic amines) is 1. The van der Waals surface area contributed by atoms with Gasteiger partial charge in [0.2, 0.25) is 0 Å². The van der Waals surface area contributed by atoms with Crippen molar-refractivity contribution < 1.29 is 19.4 Å². The number of aliphatic hydroxyl groups is 1. The lowest BCUT2D eigenvalue weighted by atomic mass is 9.99. The highest BCUT2D eigenvalue weighted by atomic mass is 35.5. The minimum Gasteiger partial charge on any atom is -0.507 e. The number of ether oxygens (including phenoxy) is 1. The van der Waals surface area contributed by atoms with Crippen LogP contribution in [0.15, 0.2) is 65.8 Å². The van der Waals surface area contributed by atoms with Crippen molar-refractivity contribution in [1.29, 1.82) is 0 Å². The highest BCUT2D eigenvalue weighted by molar-refractivity contribution is 7.10. The molecule has 1 N–H and O–H groups in total. The molecule has 3 aromatic rings. The topological polar surface area (TPSA) is 79.7 Å². The molecule has 31 heavy (non-hydrogen) atoms. The predicted octanol–water partition coefficient (Wildman–Crippen LogP) is 4.82. The average molecular weight is 455 g/mol. The van der Waals surface area contributed by atoms with Crippen molar-refractivity contribution in [2.75, 3.05) is 6.61 Å². The second-order valence-corrected chi connectivity index (χ2v) is 8.26. The van der Waals surface area contributed by atoms with Crippen molar-refractivity contribution in [2.24, 2.45) is 0 Å². The number of nitrogens with zero attached hydrogens (tertiary/aromatic N) is 2. The number of benzene rings is 1. The Morgan fingerprint density at radius 1 is 1.23 bits per heavy atom. The van der Waals surface area contributed by atoms with Gasteiger partial charge in [0.05, 0.1) is 23.2 Å². The maximum absolute atomic E-state index is 13.0. The van der Waals surface area contributed by atoms with Crippen molar-refractivity contribution in [3.8, 4) is 5.75 Å². The van der Waals surface area contributed by atoms with Crippen LogP contribution in [0.2, 0.25) is 5.02 Å². The zero-order valence-corrected chi connectivity index (χ0v) is 18.2. The molecule has 0 saturated carbocycles. The van der Waals surface area contributed by atoms with Gasteiger partial charge in [0.1, 0.15) is 11.5 Å². The van der Waals surface area contributed by atoms with Gasteiger partial charge in [0.15, 0.2) is 0 Å². The Labute approximate surface area is 188 Å². The molecule has 1 amide bonds. The van der Waals surface area contributed by atoms with Gasteiger partial charge in [-0.3, -0.25) is 14.6 Å². The molecule has 1 aromatic carbocycles. The van der Waals surface area contributed by atoms with Gasteiger partial charge in [-0.15, -0.1) is 11.3 Å². The Hall–Kier alpha value is -3.16. The van der Waals surface area contributed by atoms with E-state index in [0.29, 0.717) is 22.9 Å². The van der Waals surface area contributed by atoms with E-state index in [1.165, 1.54) is 16.2 Å². The van der Waals surface area contributed by atoms with Crippen LogP contribution in [-0.2, 0) is 16.1 Å². The van der Waals surface area contributed by atoms with Crippen LogP contribution in [0.5, 0.6) is 5.75 Å². The molecule has 1 aliphatic heterocycles. The molecular formula is C23H19ClN2O4S. The smallest absolute Gasteiger partial charge is 0.295 e. The number of carbonyl (C=O) groups excluding carboxylic acids is 2. The number of hydrogen-bond acceptors (Lipinski definition) is 6. The molecule has 0 aliphatic carbocycles. The SMILES string of the molecule is CCOc1cc(/C(O)=C2/C(=O)C(=O)N(Cc3ccncc3)C2c2cccs2)ccc1Cl. The molecule has 1 aliphatic rings. The monoisotopic (exact) mass is 454 g/mol. The van der Waals surface area contributed by atoms with Crippen LogP contribution < -0.4 is 4.74 Å². The highest BCUT2D eigenvalue weighted by Crippen LogP contribution is 2.42. The van der Waals surface area contributed by atoms with Gasteiger partial charge in [-0.25, -0.2) is 0 Å². The summed E-state index contributed by atoms with van der Waals surface area (Å²) in [5.74, 6) is -1.24. The number of ketones is 1. The molecule has 0 bridgehead atoms. The average Bonchev–Trinajstić information content (AvgIpc) is 3.38. The summed E-state index contributed by atoms with van der Waals surface area (Å²) in [5, 5.41) is 13.4. The Balaban J connectivity index is 1.82. The number of halogens is 1. The minimum absolute atomic E-state index is 0.0475. The molecule has 6 nitrogen and oxygen atoms in total. The van der Waals surface area contributed by atoms with Crippen LogP contribution in [0.4, 0.5) is 0 Å². The van der Waals surface area contributed by atoms with E-state index in [2.05, 4.69) is 4.98 Å². The third-order valence-electron chi connectivity index (χ3n) is 4.96. The van der Waals surface area contributed by atoms with Crippen LogP contribution in [0.1, 0.15) is 29.0 Å². The Bertz CT molecular complexity index is 1150. The molecule has 0 spiro atoms. The molecule has 1 fully saturated rings. The van der Waals surface area contributed by atoms with E-state index in [0.717, 1.165) is 10.4 Å². The fraction of sp³-hybridized carbons (Fsp3) is 0.174. The molecule has 1 saturated heterocycles. The van der Waals surface area contributed by atoms with Crippen LogP contribution >= 0.6 is 22.9 Å². The standard InChI is InChI=1S/C23H19ClN2O4S/c1-2-30-17-12-15(5-6-16(17)24)21(27)19-20(18-4-3-11-31-18)26(23(29)22(19)28)13-14-7-9-25-10-8-14/h3-12,20,27H,2,13H2,1H3/b21-19-. The molecule has 3 heterocycles. The lowest BCUT2D eigenvalue weighted by Gasteiger charge is -2.24. The summed E-state index contributed by atoms with van der Waals surface area (Å²) in [5.41, 5.74) is 1.24. The summed E-state index contributed by atoms with van der Waals surface area (Å²) < 4.78 is 5.51. The number of rotatable bonds is 6. The number of hydrogen-bond donors (Lipinski definition) is 1. The number of aromatic nitrogens is 1. The number of thiophene rings is 1. The van der Waals surface area contributed by atoms with Crippen molar-refractivity contribution in [3.63, 3.8) is 0 Å². The minimum atomic E-state index is -0.724. The Morgan fingerprint density at radius 2 is 2.00 bits per heavy atom. The lowest BCUT2D eigenvalue weighted by Crippen LogP contribution is -2.28. The van der Waals surface area contributed by atoms with Gasteiger partial charge in [0, 0.05) is 29.4 Å². The highest BCUT2D eigenvalue weighted by Gasteiger charge is 2.46. The van der Waals surface area contributed by atoms with Crippen LogP contribution in [0.3, 0.4) is 0 Å². The maximum Gasteiger partial charge on any atom is 0.295 e. The largest absolute Gasteiger partial charge is 0.507 e. The summed E-state index contributed by atoms with van der Waals surface area (Å²) in [6, 6.07) is 11.3. The van der Waals surface area contributed by atoms with Gasteiger partial charge < -0.3 is 14.7 Å². The fourth-order valence-electron chi connectivity index (χ4n) is 3.54. The maximum atomic E-state index is 13.0. The molecule has 0 radical (unpaired) electrons. The number of amides is 1. The third kappa shape index (κ3) is 4.06. The van der Waals surface area contributed by atoms with Crippen molar-refractivity contribution >= 4 is 40.4 Å². The number of Topliss-reactive ketones (excluding diaryl/α,β-unsaturated/α-hetero) is 1. The molecule has 8 heteroatoms. The Kier molecular flexibility index (Phi) is 6.06. The third-order valence-corrected chi connectivity index (χ3v) is 6.20. The van der Waals surface area contributed by atoms with Crippen LogP contribution in [0.25, 0.3) is 5.76 Å². The fourth-order valence-corrected chi connectivity index (χ4v) is 4.56. The van der Waals surface area contributed by atoms with E-state index in [1.54, 1.807) is 42.7 Å². The molecule has 158 valence electrons. The number of pyridine rings is 1. The second-order valence-electron chi connectivity index (χ2n) is 6.88. The number of aliphatic hydroxyl groups excluding tert-OH is 1. The zero-order chi connectivity index (χ0) is 22.0. The van der Waals surface area contributed by atoms with Gasteiger partial charge in [0.25, 0.3) is 11.7 Å². The van der Waals surface area contributed by atoms with E-state index in [4.69, 9.17) is 16.3 Å². The first-order chi connectivity index (χ1) is 15.0. The van der Waals surface area contributed by atoms with E-state index < -0.39 is 17.7 Å². The molecule has 2 aromatic heterocycles.